The number of para-hydroxylation sites is 1. The van der Waals surface area contributed by atoms with E-state index in [9.17, 15) is 14.4 Å². The van der Waals surface area contributed by atoms with Crippen LogP contribution in [0.5, 0.6) is 5.75 Å². The average molecular weight is 541 g/mol. The molecule has 2 aliphatic rings. The summed E-state index contributed by atoms with van der Waals surface area (Å²) >= 11 is 6.16. The van der Waals surface area contributed by atoms with Gasteiger partial charge in [0.2, 0.25) is 17.7 Å². The largest absolute Gasteiger partial charge is 0.492 e. The van der Waals surface area contributed by atoms with Gasteiger partial charge in [-0.2, -0.15) is 0 Å². The van der Waals surface area contributed by atoms with Gasteiger partial charge >= 0.3 is 0 Å². The Morgan fingerprint density at radius 2 is 1.82 bits per heavy atom. The minimum atomic E-state index is -0.807. The lowest BCUT2D eigenvalue weighted by Crippen LogP contribution is -2.56. The molecule has 1 fully saturated rings. The van der Waals surface area contributed by atoms with Crippen LogP contribution in [0.15, 0.2) is 48.5 Å². The third-order valence-corrected chi connectivity index (χ3v) is 7.48. The summed E-state index contributed by atoms with van der Waals surface area (Å²) in [5.41, 5.74) is 1.90. The van der Waals surface area contributed by atoms with Gasteiger partial charge in [0.1, 0.15) is 24.4 Å². The fraction of sp³-hybridized carbons (Fsp3) is 0.483. The average Bonchev–Trinajstić information content (AvgIpc) is 3.75. The van der Waals surface area contributed by atoms with Gasteiger partial charge in [-0.25, -0.2) is 0 Å². The minimum Gasteiger partial charge on any atom is -0.492 e. The first-order valence-corrected chi connectivity index (χ1v) is 13.7. The van der Waals surface area contributed by atoms with E-state index in [1.807, 2.05) is 36.4 Å². The number of halogens is 1. The molecule has 4 rings (SSSR count). The monoisotopic (exact) mass is 540 g/mol. The van der Waals surface area contributed by atoms with Crippen molar-refractivity contribution in [2.75, 3.05) is 26.7 Å². The predicted octanol–water partition coefficient (Wildman–Crippen LogP) is 2.72. The number of nitrogens with zero attached hydrogens (tertiary/aromatic N) is 1. The van der Waals surface area contributed by atoms with Crippen LogP contribution in [0.2, 0.25) is 5.02 Å². The highest BCUT2D eigenvalue weighted by Gasteiger charge is 2.39. The van der Waals surface area contributed by atoms with E-state index in [1.54, 1.807) is 26.1 Å². The van der Waals surface area contributed by atoms with E-state index in [0.29, 0.717) is 24.7 Å². The van der Waals surface area contributed by atoms with E-state index in [-0.39, 0.29) is 36.1 Å². The van der Waals surface area contributed by atoms with Gasteiger partial charge in [0, 0.05) is 31.6 Å². The zero-order valence-corrected chi connectivity index (χ0v) is 22.8. The van der Waals surface area contributed by atoms with Crippen LogP contribution >= 0.6 is 11.6 Å². The van der Waals surface area contributed by atoms with Gasteiger partial charge in [0.05, 0.1) is 6.04 Å². The van der Waals surface area contributed by atoms with Crippen LogP contribution in [0, 0.1) is 5.92 Å². The van der Waals surface area contributed by atoms with E-state index in [2.05, 4.69) is 16.0 Å². The number of ether oxygens (including phenoxy) is 1. The number of aryl methyl sites for hydroxylation is 1. The summed E-state index contributed by atoms with van der Waals surface area (Å²) in [7, 11) is 1.64. The predicted molar refractivity (Wildman–Crippen MR) is 147 cm³/mol. The number of amides is 3. The molecule has 2 aromatic rings. The van der Waals surface area contributed by atoms with Crippen LogP contribution in [-0.4, -0.2) is 67.5 Å². The zero-order chi connectivity index (χ0) is 27.1. The van der Waals surface area contributed by atoms with Crippen LogP contribution in [0.4, 0.5) is 0 Å². The van der Waals surface area contributed by atoms with E-state index < -0.39 is 12.1 Å². The number of carbonyl (C=O) groups is 3. The molecule has 0 saturated heterocycles. The molecule has 204 valence electrons. The van der Waals surface area contributed by atoms with Crippen molar-refractivity contribution in [3.63, 3.8) is 0 Å². The maximum Gasteiger partial charge on any atom is 0.243 e. The Morgan fingerprint density at radius 1 is 1.03 bits per heavy atom. The highest BCUT2D eigenvalue weighted by Crippen LogP contribution is 2.33. The fourth-order valence-electron chi connectivity index (χ4n) is 4.71. The Kier molecular flexibility index (Phi) is 9.63. The normalized spacial score (nSPS) is 24.3. The lowest BCUT2D eigenvalue weighted by atomic mass is 10.0. The van der Waals surface area contributed by atoms with Gasteiger partial charge in [-0.05, 0) is 67.9 Å². The molecule has 3 N–H and O–H groups in total. The SMILES string of the molecule is C[C@@H]1C(=O)N[C@H](Cc2cccc(Cl)c2)C(=O)NCCCc2ccccc2OCCN[C@@H](C2CC2)C(=O)N1C. The van der Waals surface area contributed by atoms with Gasteiger partial charge in [-0.1, -0.05) is 41.9 Å². The molecule has 1 heterocycles. The molecule has 3 amide bonds. The first-order valence-electron chi connectivity index (χ1n) is 13.4. The highest BCUT2D eigenvalue weighted by molar-refractivity contribution is 6.30. The molecule has 1 aliphatic carbocycles. The molecule has 0 bridgehead atoms. The van der Waals surface area contributed by atoms with Crippen LogP contribution < -0.4 is 20.7 Å². The second kappa shape index (κ2) is 13.1. The number of benzene rings is 2. The number of likely N-dealkylation sites (N-methyl/N-ethyl adjacent to an activating group) is 1. The first-order chi connectivity index (χ1) is 18.3. The number of carbonyl (C=O) groups excluding carboxylic acids is 3. The van der Waals surface area contributed by atoms with Gasteiger partial charge in [-0.3, -0.25) is 14.4 Å². The molecule has 1 saturated carbocycles. The molecule has 0 unspecified atom stereocenters. The first kappa shape index (κ1) is 27.9. The maximum atomic E-state index is 13.4. The number of hydrogen-bond acceptors (Lipinski definition) is 5. The topological polar surface area (TPSA) is 99.8 Å². The van der Waals surface area contributed by atoms with E-state index in [1.165, 1.54) is 4.90 Å². The molecule has 3 atom stereocenters. The van der Waals surface area contributed by atoms with Crippen LogP contribution in [0.1, 0.15) is 37.3 Å². The quantitative estimate of drug-likeness (QED) is 0.556. The Labute approximate surface area is 229 Å². The highest BCUT2D eigenvalue weighted by atomic mass is 35.5. The van der Waals surface area contributed by atoms with Crippen molar-refractivity contribution < 1.29 is 19.1 Å². The lowest BCUT2D eigenvalue weighted by Gasteiger charge is -2.30. The minimum absolute atomic E-state index is 0.132. The molecular weight excluding hydrogens is 504 g/mol. The second-order valence-electron chi connectivity index (χ2n) is 10.1. The molecule has 0 aromatic heterocycles. The van der Waals surface area contributed by atoms with Crippen molar-refractivity contribution in [2.24, 2.45) is 5.92 Å². The van der Waals surface area contributed by atoms with Gasteiger partial charge in [0.25, 0.3) is 0 Å². The third-order valence-electron chi connectivity index (χ3n) is 7.25. The summed E-state index contributed by atoms with van der Waals surface area (Å²) in [6, 6.07) is 13.2. The Morgan fingerprint density at radius 3 is 2.58 bits per heavy atom. The van der Waals surface area contributed by atoms with Crippen molar-refractivity contribution in [3.8, 4) is 5.75 Å². The van der Waals surface area contributed by atoms with Crippen molar-refractivity contribution in [2.45, 2.75) is 57.2 Å². The van der Waals surface area contributed by atoms with E-state index >= 15 is 0 Å². The molecule has 8 nitrogen and oxygen atoms in total. The molecule has 2 aromatic carbocycles. The van der Waals surface area contributed by atoms with E-state index in [0.717, 1.165) is 42.6 Å². The van der Waals surface area contributed by atoms with Gasteiger partial charge in [-0.15, -0.1) is 0 Å². The molecule has 9 heteroatoms. The summed E-state index contributed by atoms with van der Waals surface area (Å²) in [6.07, 6.45) is 3.69. The maximum absolute atomic E-state index is 13.4. The number of fused-ring (bicyclic) bond motifs is 1. The summed E-state index contributed by atoms with van der Waals surface area (Å²) in [4.78, 5) is 41.3. The van der Waals surface area contributed by atoms with Crippen LogP contribution in [-0.2, 0) is 27.2 Å². The molecule has 1 aliphatic heterocycles. The molecule has 0 spiro atoms. The molecule has 0 radical (unpaired) electrons. The summed E-state index contributed by atoms with van der Waals surface area (Å²) in [5, 5.41) is 9.78. The Bertz CT molecular complexity index is 1140. The summed E-state index contributed by atoms with van der Waals surface area (Å²) in [6.45, 7) is 3.08. The van der Waals surface area contributed by atoms with Crippen molar-refractivity contribution >= 4 is 29.3 Å². The van der Waals surface area contributed by atoms with E-state index in [4.69, 9.17) is 16.3 Å². The Balaban J connectivity index is 1.55. The molecular formula is C29H37ClN4O4. The number of nitrogens with one attached hydrogen (secondary N) is 3. The summed E-state index contributed by atoms with van der Waals surface area (Å²) in [5.74, 6) is 0.276. The lowest BCUT2D eigenvalue weighted by molar-refractivity contribution is -0.141. The third kappa shape index (κ3) is 7.48. The number of rotatable bonds is 3. The van der Waals surface area contributed by atoms with Crippen LogP contribution in [0.25, 0.3) is 0 Å². The second-order valence-corrected chi connectivity index (χ2v) is 10.6. The van der Waals surface area contributed by atoms with Gasteiger partial charge in [0.15, 0.2) is 0 Å². The smallest absolute Gasteiger partial charge is 0.243 e. The Hall–Kier alpha value is -3.10. The van der Waals surface area contributed by atoms with Crippen LogP contribution in [0.3, 0.4) is 0 Å². The fourth-order valence-corrected chi connectivity index (χ4v) is 4.93. The van der Waals surface area contributed by atoms with Crippen molar-refractivity contribution in [1.82, 2.24) is 20.9 Å². The van der Waals surface area contributed by atoms with Crippen molar-refractivity contribution in [1.29, 1.82) is 0 Å². The zero-order valence-electron chi connectivity index (χ0n) is 22.0. The number of hydrogen-bond donors (Lipinski definition) is 3. The standard InChI is InChI=1S/C29H37ClN4O4/c1-19-27(35)33-24(18-20-7-5-10-23(30)17-20)28(36)32-14-6-9-21-8-3-4-11-25(21)38-16-15-31-26(22-12-13-22)29(37)34(19)2/h3-5,7-8,10-11,17,19,22,24,26,31H,6,9,12-16,18H2,1-2H3,(H,32,36)(H,33,35)/t19-,24-,26+/m1/s1. The summed E-state index contributed by atoms with van der Waals surface area (Å²) < 4.78 is 6.05. The van der Waals surface area contributed by atoms with Crippen molar-refractivity contribution in [3.05, 3.63) is 64.7 Å². The molecule has 38 heavy (non-hydrogen) atoms. The van der Waals surface area contributed by atoms with Gasteiger partial charge < -0.3 is 25.6 Å².